The first kappa shape index (κ1) is 11.5. The van der Waals surface area contributed by atoms with Gasteiger partial charge in [-0.1, -0.05) is 6.07 Å². The topological polar surface area (TPSA) is 35.2 Å². The fourth-order valence-corrected chi connectivity index (χ4v) is 3.51. The molecule has 0 bridgehead atoms. The highest BCUT2D eigenvalue weighted by molar-refractivity contribution is 9.10. The van der Waals surface area contributed by atoms with Crippen molar-refractivity contribution in [1.82, 2.24) is 0 Å². The van der Waals surface area contributed by atoms with Crippen molar-refractivity contribution in [2.24, 2.45) is 5.73 Å². The molecule has 3 heteroatoms. The quantitative estimate of drug-likeness (QED) is 0.910. The number of rotatable bonds is 2. The highest BCUT2D eigenvalue weighted by Gasteiger charge is 2.48. The Balaban J connectivity index is 2.04. The Morgan fingerprint density at radius 2 is 2.18 bits per heavy atom. The number of nitrogens with two attached hydrogens (primary N) is 1. The Hall–Kier alpha value is -0.540. The van der Waals surface area contributed by atoms with Crippen LogP contribution >= 0.6 is 15.9 Å². The third-order valence-corrected chi connectivity index (χ3v) is 4.77. The summed E-state index contributed by atoms with van der Waals surface area (Å²) in [4.78, 5) is 0. The first-order valence-corrected chi connectivity index (χ1v) is 7.07. The van der Waals surface area contributed by atoms with Gasteiger partial charge in [0.15, 0.2) is 0 Å². The molecule has 2 aliphatic rings. The van der Waals surface area contributed by atoms with Crippen LogP contribution in [0.4, 0.5) is 0 Å². The van der Waals surface area contributed by atoms with Crippen molar-refractivity contribution in [2.75, 3.05) is 0 Å². The van der Waals surface area contributed by atoms with Gasteiger partial charge in [-0.05, 0) is 59.8 Å². The van der Waals surface area contributed by atoms with E-state index in [0.29, 0.717) is 6.10 Å². The first-order chi connectivity index (χ1) is 8.03. The Morgan fingerprint density at radius 1 is 1.47 bits per heavy atom. The number of fused-ring (bicyclic) bond motifs is 1. The number of hydrogen-bond donors (Lipinski definition) is 1. The Kier molecular flexibility index (Phi) is 2.53. The molecule has 2 N–H and O–H groups in total. The zero-order valence-corrected chi connectivity index (χ0v) is 11.9. The molecule has 1 aromatic rings. The van der Waals surface area contributed by atoms with E-state index in [9.17, 15) is 0 Å². The summed E-state index contributed by atoms with van der Waals surface area (Å²) in [5.74, 6) is 1.03. The van der Waals surface area contributed by atoms with Gasteiger partial charge in [-0.2, -0.15) is 0 Å². The lowest BCUT2D eigenvalue weighted by atomic mass is 9.88. The molecule has 2 unspecified atom stereocenters. The third-order valence-electron chi connectivity index (χ3n) is 4.18. The lowest BCUT2D eigenvalue weighted by Crippen LogP contribution is -2.31. The molecule has 1 aliphatic heterocycles. The molecule has 92 valence electrons. The molecule has 1 aliphatic carbocycles. The van der Waals surface area contributed by atoms with E-state index >= 15 is 0 Å². The van der Waals surface area contributed by atoms with Crippen LogP contribution in [0, 0.1) is 0 Å². The largest absolute Gasteiger partial charge is 0.489 e. The van der Waals surface area contributed by atoms with Gasteiger partial charge in [0.05, 0.1) is 4.47 Å². The van der Waals surface area contributed by atoms with Gasteiger partial charge in [0.25, 0.3) is 0 Å². The highest BCUT2D eigenvalue weighted by atomic mass is 79.9. The maximum Gasteiger partial charge on any atom is 0.137 e. The van der Waals surface area contributed by atoms with Gasteiger partial charge >= 0.3 is 0 Å². The van der Waals surface area contributed by atoms with E-state index in [4.69, 9.17) is 10.5 Å². The minimum absolute atomic E-state index is 0.226. The summed E-state index contributed by atoms with van der Waals surface area (Å²) < 4.78 is 6.89. The van der Waals surface area contributed by atoms with Crippen LogP contribution in [0.1, 0.15) is 37.8 Å². The second-order valence-corrected chi connectivity index (χ2v) is 6.38. The molecule has 0 radical (unpaired) electrons. The van der Waals surface area contributed by atoms with Gasteiger partial charge in [-0.25, -0.2) is 0 Å². The standard InChI is InChI=1S/C14H18BrNO/c1-8-5-10-6-11(7-12(15)13(10)17-8)14(3-4-14)9(2)16/h6-9H,3-5,16H2,1-2H3. The van der Waals surface area contributed by atoms with Crippen LogP contribution in [0.3, 0.4) is 0 Å². The van der Waals surface area contributed by atoms with Gasteiger partial charge < -0.3 is 10.5 Å². The smallest absolute Gasteiger partial charge is 0.137 e. The molecule has 2 nitrogen and oxygen atoms in total. The van der Waals surface area contributed by atoms with E-state index in [1.54, 1.807) is 0 Å². The zero-order chi connectivity index (χ0) is 12.2. The van der Waals surface area contributed by atoms with E-state index < -0.39 is 0 Å². The minimum Gasteiger partial charge on any atom is -0.489 e. The van der Waals surface area contributed by atoms with E-state index in [1.165, 1.54) is 24.0 Å². The first-order valence-electron chi connectivity index (χ1n) is 6.28. The lowest BCUT2D eigenvalue weighted by Gasteiger charge is -2.21. The average Bonchev–Trinajstić information content (AvgIpc) is 2.97. The Bertz CT molecular complexity index is 466. The summed E-state index contributed by atoms with van der Waals surface area (Å²) in [6.07, 6.45) is 3.73. The van der Waals surface area contributed by atoms with E-state index in [-0.39, 0.29) is 11.5 Å². The van der Waals surface area contributed by atoms with Gasteiger partial charge in [0.2, 0.25) is 0 Å². The third kappa shape index (κ3) is 1.71. The minimum atomic E-state index is 0.226. The monoisotopic (exact) mass is 295 g/mol. The molecule has 3 rings (SSSR count). The predicted molar refractivity (Wildman–Crippen MR) is 72.5 cm³/mol. The molecule has 1 fully saturated rings. The van der Waals surface area contributed by atoms with Crippen LogP contribution in [0.25, 0.3) is 0 Å². The molecule has 0 amide bonds. The van der Waals surface area contributed by atoms with Crippen molar-refractivity contribution in [3.8, 4) is 5.75 Å². The second kappa shape index (κ2) is 3.72. The van der Waals surface area contributed by atoms with Crippen LogP contribution in [-0.4, -0.2) is 12.1 Å². The van der Waals surface area contributed by atoms with Crippen LogP contribution in [0.15, 0.2) is 16.6 Å². The van der Waals surface area contributed by atoms with Crippen molar-refractivity contribution in [3.05, 3.63) is 27.7 Å². The Morgan fingerprint density at radius 3 is 2.76 bits per heavy atom. The molecular formula is C14H18BrNO. The van der Waals surface area contributed by atoms with Crippen molar-refractivity contribution >= 4 is 15.9 Å². The van der Waals surface area contributed by atoms with Crippen LogP contribution in [-0.2, 0) is 11.8 Å². The number of halogens is 1. The van der Waals surface area contributed by atoms with Crippen molar-refractivity contribution in [2.45, 2.75) is 50.7 Å². The average molecular weight is 296 g/mol. The second-order valence-electron chi connectivity index (χ2n) is 5.52. The molecule has 0 aromatic heterocycles. The number of ether oxygens (including phenoxy) is 1. The summed E-state index contributed by atoms with van der Waals surface area (Å²) in [6, 6.07) is 4.74. The summed E-state index contributed by atoms with van der Waals surface area (Å²) in [5.41, 5.74) is 9.08. The van der Waals surface area contributed by atoms with E-state index in [0.717, 1.165) is 16.6 Å². The van der Waals surface area contributed by atoms with Gasteiger partial charge in [0, 0.05) is 17.9 Å². The van der Waals surface area contributed by atoms with Crippen LogP contribution in [0.5, 0.6) is 5.75 Å². The number of hydrogen-bond acceptors (Lipinski definition) is 2. The van der Waals surface area contributed by atoms with Crippen molar-refractivity contribution < 1.29 is 4.74 Å². The molecule has 1 heterocycles. The van der Waals surface area contributed by atoms with E-state index in [2.05, 4.69) is 41.9 Å². The fourth-order valence-electron chi connectivity index (χ4n) is 2.92. The van der Waals surface area contributed by atoms with Gasteiger partial charge in [0.1, 0.15) is 11.9 Å². The molecular weight excluding hydrogens is 278 g/mol. The summed E-state index contributed by atoms with van der Waals surface area (Å²) in [5, 5.41) is 0. The molecule has 2 atom stereocenters. The van der Waals surface area contributed by atoms with Crippen LogP contribution in [0.2, 0.25) is 0 Å². The summed E-state index contributed by atoms with van der Waals surface area (Å²) in [6.45, 7) is 4.23. The maximum absolute atomic E-state index is 6.14. The predicted octanol–water partition coefficient (Wildman–Crippen LogP) is 3.15. The molecule has 0 saturated heterocycles. The number of benzene rings is 1. The van der Waals surface area contributed by atoms with E-state index in [1.807, 2.05) is 0 Å². The van der Waals surface area contributed by atoms with Crippen molar-refractivity contribution in [3.63, 3.8) is 0 Å². The maximum atomic E-state index is 6.14. The molecule has 1 saturated carbocycles. The normalized spacial score (nSPS) is 26.2. The highest BCUT2D eigenvalue weighted by Crippen LogP contribution is 2.52. The SMILES string of the molecule is CC1Cc2cc(C3(C(C)N)CC3)cc(Br)c2O1. The summed E-state index contributed by atoms with van der Waals surface area (Å²) >= 11 is 3.63. The molecule has 17 heavy (non-hydrogen) atoms. The zero-order valence-electron chi connectivity index (χ0n) is 10.3. The van der Waals surface area contributed by atoms with Gasteiger partial charge in [-0.3, -0.25) is 0 Å². The summed E-state index contributed by atoms with van der Waals surface area (Å²) in [7, 11) is 0. The van der Waals surface area contributed by atoms with Gasteiger partial charge in [-0.15, -0.1) is 0 Å². The lowest BCUT2D eigenvalue weighted by molar-refractivity contribution is 0.253. The molecule has 0 spiro atoms. The molecule has 1 aromatic carbocycles. The van der Waals surface area contributed by atoms with Crippen LogP contribution < -0.4 is 10.5 Å². The fraction of sp³-hybridized carbons (Fsp3) is 0.571. The Labute approximate surface area is 111 Å². The van der Waals surface area contributed by atoms with Crippen molar-refractivity contribution in [1.29, 1.82) is 0 Å².